The third kappa shape index (κ3) is 8.04. The highest BCUT2D eigenvalue weighted by Gasteiger charge is 2.15. The SMILES string of the molecule is COCCOc1cccc(N(c2ccccc2)c2ccc(-c3ccc(N(c4ccccc4)c4cccc(OCCOC)c4)cc3)cc2)c1. The highest BCUT2D eigenvalue weighted by atomic mass is 16.5. The lowest BCUT2D eigenvalue weighted by molar-refractivity contribution is 0.146. The smallest absolute Gasteiger partial charge is 0.121 e. The van der Waals surface area contributed by atoms with Crippen LogP contribution in [0.1, 0.15) is 0 Å². The number of methoxy groups -OCH3 is 2. The predicted octanol–water partition coefficient (Wildman–Crippen LogP) is 10.3. The molecule has 48 heavy (non-hydrogen) atoms. The molecule has 6 rings (SSSR count). The largest absolute Gasteiger partial charge is 0.491 e. The maximum Gasteiger partial charge on any atom is 0.121 e. The Morgan fingerprint density at radius 2 is 0.708 bits per heavy atom. The van der Waals surface area contributed by atoms with Crippen LogP contribution in [0.2, 0.25) is 0 Å². The van der Waals surface area contributed by atoms with Gasteiger partial charge in [-0.2, -0.15) is 0 Å². The molecule has 0 radical (unpaired) electrons. The van der Waals surface area contributed by atoms with E-state index in [9.17, 15) is 0 Å². The summed E-state index contributed by atoms with van der Waals surface area (Å²) in [6.45, 7) is 2.07. The second-order valence-corrected chi connectivity index (χ2v) is 11.1. The summed E-state index contributed by atoms with van der Waals surface area (Å²) < 4.78 is 22.2. The molecule has 0 heterocycles. The van der Waals surface area contributed by atoms with Gasteiger partial charge in [-0.3, -0.25) is 0 Å². The van der Waals surface area contributed by atoms with Gasteiger partial charge in [0.2, 0.25) is 0 Å². The Labute approximate surface area is 283 Å². The van der Waals surface area contributed by atoms with Gasteiger partial charge in [-0.25, -0.2) is 0 Å². The first-order chi connectivity index (χ1) is 23.7. The van der Waals surface area contributed by atoms with Crippen molar-refractivity contribution < 1.29 is 18.9 Å². The normalized spacial score (nSPS) is 10.8. The second-order valence-electron chi connectivity index (χ2n) is 11.1. The number of benzene rings is 6. The van der Waals surface area contributed by atoms with Gasteiger partial charge < -0.3 is 28.7 Å². The third-order valence-electron chi connectivity index (χ3n) is 7.88. The van der Waals surface area contributed by atoms with Gasteiger partial charge in [0.05, 0.1) is 13.2 Å². The molecule has 0 saturated carbocycles. The molecule has 0 amide bonds. The molecular weight excluding hydrogens is 596 g/mol. The summed E-state index contributed by atoms with van der Waals surface area (Å²) in [4.78, 5) is 4.47. The second kappa shape index (κ2) is 16.3. The van der Waals surface area contributed by atoms with E-state index in [-0.39, 0.29) is 0 Å². The molecule has 0 aliphatic heterocycles. The van der Waals surface area contributed by atoms with Gasteiger partial charge >= 0.3 is 0 Å². The van der Waals surface area contributed by atoms with Crippen molar-refractivity contribution in [3.63, 3.8) is 0 Å². The molecule has 6 aromatic rings. The van der Waals surface area contributed by atoms with Crippen LogP contribution in [0.4, 0.5) is 34.1 Å². The zero-order chi connectivity index (χ0) is 33.0. The Morgan fingerprint density at radius 3 is 1.08 bits per heavy atom. The molecule has 242 valence electrons. The summed E-state index contributed by atoms with van der Waals surface area (Å²) in [6, 6.07) is 54.4. The van der Waals surface area contributed by atoms with Crippen molar-refractivity contribution in [2.45, 2.75) is 0 Å². The van der Waals surface area contributed by atoms with Crippen LogP contribution in [0.15, 0.2) is 158 Å². The lowest BCUT2D eigenvalue weighted by atomic mass is 10.0. The van der Waals surface area contributed by atoms with Crippen molar-refractivity contribution in [2.75, 3.05) is 50.4 Å². The zero-order valence-corrected chi connectivity index (χ0v) is 27.4. The van der Waals surface area contributed by atoms with E-state index in [0.29, 0.717) is 26.4 Å². The summed E-state index contributed by atoms with van der Waals surface area (Å²) in [6.07, 6.45) is 0. The lowest BCUT2D eigenvalue weighted by Gasteiger charge is -2.26. The van der Waals surface area contributed by atoms with E-state index >= 15 is 0 Å². The molecule has 0 atom stereocenters. The number of nitrogens with zero attached hydrogens (tertiary/aromatic N) is 2. The van der Waals surface area contributed by atoms with Gasteiger partial charge in [0.1, 0.15) is 24.7 Å². The Balaban J connectivity index is 1.27. The highest BCUT2D eigenvalue weighted by molar-refractivity contribution is 5.81. The molecule has 6 heteroatoms. The van der Waals surface area contributed by atoms with Crippen molar-refractivity contribution >= 4 is 34.1 Å². The van der Waals surface area contributed by atoms with Crippen molar-refractivity contribution in [3.05, 3.63) is 158 Å². The minimum Gasteiger partial charge on any atom is -0.491 e. The number of ether oxygens (including phenoxy) is 4. The molecule has 0 saturated heterocycles. The van der Waals surface area contributed by atoms with E-state index < -0.39 is 0 Å². The van der Waals surface area contributed by atoms with Crippen LogP contribution < -0.4 is 19.3 Å². The van der Waals surface area contributed by atoms with E-state index in [4.69, 9.17) is 18.9 Å². The zero-order valence-electron chi connectivity index (χ0n) is 27.4. The molecule has 0 bridgehead atoms. The Kier molecular flexibility index (Phi) is 11.0. The predicted molar refractivity (Wildman–Crippen MR) is 196 cm³/mol. The van der Waals surface area contributed by atoms with Gasteiger partial charge in [0, 0.05) is 60.5 Å². The number of hydrogen-bond acceptors (Lipinski definition) is 6. The molecule has 0 N–H and O–H groups in total. The summed E-state index contributed by atoms with van der Waals surface area (Å²) in [7, 11) is 3.35. The third-order valence-corrected chi connectivity index (χ3v) is 7.88. The minimum absolute atomic E-state index is 0.498. The number of hydrogen-bond donors (Lipinski definition) is 0. The summed E-state index contributed by atoms with van der Waals surface area (Å²) in [5.41, 5.74) is 8.54. The molecule has 0 fully saturated rings. The molecule has 6 aromatic carbocycles. The van der Waals surface area contributed by atoms with Crippen LogP contribution >= 0.6 is 0 Å². The van der Waals surface area contributed by atoms with Gasteiger partial charge in [-0.1, -0.05) is 72.8 Å². The van der Waals surface area contributed by atoms with E-state index in [1.165, 1.54) is 0 Å². The Hall–Kier alpha value is -5.56. The Morgan fingerprint density at radius 1 is 0.354 bits per heavy atom. The van der Waals surface area contributed by atoms with E-state index in [1.54, 1.807) is 14.2 Å². The molecule has 6 nitrogen and oxygen atoms in total. The first-order valence-electron chi connectivity index (χ1n) is 16.1. The van der Waals surface area contributed by atoms with Crippen molar-refractivity contribution in [2.24, 2.45) is 0 Å². The summed E-state index contributed by atoms with van der Waals surface area (Å²) in [5.74, 6) is 1.61. The highest BCUT2D eigenvalue weighted by Crippen LogP contribution is 2.39. The van der Waals surface area contributed by atoms with Crippen LogP contribution in [0, 0.1) is 0 Å². The van der Waals surface area contributed by atoms with Crippen LogP contribution in [0.25, 0.3) is 11.1 Å². The quantitative estimate of drug-likeness (QED) is 0.105. The van der Waals surface area contributed by atoms with Gasteiger partial charge in [-0.05, 0) is 83.9 Å². The average Bonchev–Trinajstić information content (AvgIpc) is 3.14. The standard InChI is InChI=1S/C42H40N2O4/c1-45-27-29-47-41-17-9-15-39(31-41)43(35-11-5-3-6-12-35)37-23-19-33(20-24-37)34-21-25-38(26-22-34)44(36-13-7-4-8-14-36)40-16-10-18-42(32-40)48-30-28-46-2/h3-26,31-32H,27-30H2,1-2H3. The summed E-state index contributed by atoms with van der Waals surface area (Å²) >= 11 is 0. The average molecular weight is 637 g/mol. The van der Waals surface area contributed by atoms with Gasteiger partial charge in [-0.15, -0.1) is 0 Å². The number of rotatable bonds is 15. The minimum atomic E-state index is 0.498. The topological polar surface area (TPSA) is 43.4 Å². The number of anilines is 6. The fourth-order valence-electron chi connectivity index (χ4n) is 5.56. The van der Waals surface area contributed by atoms with Crippen molar-refractivity contribution in [1.29, 1.82) is 0 Å². The number of para-hydroxylation sites is 2. The molecule has 0 aromatic heterocycles. The molecule has 0 unspecified atom stereocenters. The molecule has 0 aliphatic carbocycles. The maximum atomic E-state index is 5.93. The van der Waals surface area contributed by atoms with E-state index in [1.807, 2.05) is 36.4 Å². The summed E-state index contributed by atoms with van der Waals surface area (Å²) in [5, 5.41) is 0. The first-order valence-corrected chi connectivity index (χ1v) is 16.1. The van der Waals surface area contributed by atoms with Crippen LogP contribution in [-0.4, -0.2) is 40.6 Å². The molecule has 0 aliphatic rings. The Bertz CT molecular complexity index is 1710. The van der Waals surface area contributed by atoms with Gasteiger partial charge in [0.25, 0.3) is 0 Å². The first kappa shape index (κ1) is 32.4. The van der Waals surface area contributed by atoms with Crippen LogP contribution in [0.5, 0.6) is 11.5 Å². The van der Waals surface area contributed by atoms with E-state index in [0.717, 1.165) is 56.8 Å². The fourth-order valence-corrected chi connectivity index (χ4v) is 5.56. The fraction of sp³-hybridized carbons (Fsp3) is 0.143. The lowest BCUT2D eigenvalue weighted by Crippen LogP contribution is -2.11. The maximum absolute atomic E-state index is 5.93. The van der Waals surface area contributed by atoms with Gasteiger partial charge in [0.15, 0.2) is 0 Å². The van der Waals surface area contributed by atoms with Crippen LogP contribution in [-0.2, 0) is 9.47 Å². The van der Waals surface area contributed by atoms with Crippen molar-refractivity contribution in [1.82, 2.24) is 0 Å². The van der Waals surface area contributed by atoms with E-state index in [2.05, 4.69) is 131 Å². The van der Waals surface area contributed by atoms with Crippen LogP contribution in [0.3, 0.4) is 0 Å². The molecule has 0 spiro atoms. The molecular formula is C42H40N2O4. The van der Waals surface area contributed by atoms with Crippen molar-refractivity contribution in [3.8, 4) is 22.6 Å². The monoisotopic (exact) mass is 636 g/mol.